The van der Waals surface area contributed by atoms with Crippen molar-refractivity contribution in [1.29, 1.82) is 0 Å². The van der Waals surface area contributed by atoms with Gasteiger partial charge in [0, 0.05) is 22.9 Å². The van der Waals surface area contributed by atoms with Crippen LogP contribution in [0.1, 0.15) is 22.5 Å². The molecule has 1 N–H and O–H groups in total. The first kappa shape index (κ1) is 20.9. The fraction of sp³-hybridized carbons (Fsp3) is 0.107. The molecule has 0 saturated heterocycles. The maximum Gasteiger partial charge on any atom is 0.246 e. The summed E-state index contributed by atoms with van der Waals surface area (Å²) in [4.78, 5) is 17.1. The number of benzene rings is 4. The number of carbonyl (C=O) groups is 1. The van der Waals surface area contributed by atoms with E-state index in [0.29, 0.717) is 0 Å². The number of tetrazole rings is 1. The third-order valence-corrected chi connectivity index (χ3v) is 6.23. The summed E-state index contributed by atoms with van der Waals surface area (Å²) >= 11 is 0. The molecule has 0 aliphatic carbocycles. The molecule has 0 radical (unpaired) electrons. The van der Waals surface area contributed by atoms with Crippen molar-refractivity contribution in [2.45, 2.75) is 12.8 Å². The minimum atomic E-state index is -0.119. The SMILES string of the molecule is O=C1CN=C(c2ccc(-n3nnnc3CCc3ccccc3)cc2)c2ccc3ccccc3c2N1. The number of carbonyl (C=O) groups excluding carboxylic acids is 1. The van der Waals surface area contributed by atoms with Crippen molar-refractivity contribution < 1.29 is 4.79 Å². The number of fused-ring (bicyclic) bond motifs is 3. The van der Waals surface area contributed by atoms with Gasteiger partial charge in [0.25, 0.3) is 0 Å². The van der Waals surface area contributed by atoms with Crippen molar-refractivity contribution in [3.63, 3.8) is 0 Å². The zero-order valence-electron chi connectivity index (χ0n) is 18.9. The number of amides is 1. The van der Waals surface area contributed by atoms with Gasteiger partial charge in [0.1, 0.15) is 6.54 Å². The van der Waals surface area contributed by atoms with E-state index in [4.69, 9.17) is 0 Å². The number of aryl methyl sites for hydroxylation is 2. The fourth-order valence-electron chi connectivity index (χ4n) is 4.49. The first-order chi connectivity index (χ1) is 17.3. The molecule has 0 fully saturated rings. The molecule has 6 rings (SSSR count). The number of aromatic nitrogens is 4. The minimum Gasteiger partial charge on any atom is -0.323 e. The molecule has 0 atom stereocenters. The molecule has 170 valence electrons. The lowest BCUT2D eigenvalue weighted by Gasteiger charge is -2.13. The van der Waals surface area contributed by atoms with Crippen molar-refractivity contribution >= 4 is 28.1 Å². The monoisotopic (exact) mass is 458 g/mol. The van der Waals surface area contributed by atoms with Crippen LogP contribution in [-0.2, 0) is 17.6 Å². The maximum absolute atomic E-state index is 12.4. The van der Waals surface area contributed by atoms with Gasteiger partial charge in [0.05, 0.1) is 17.1 Å². The molecular formula is C28H22N6O. The third kappa shape index (κ3) is 4.08. The zero-order valence-corrected chi connectivity index (χ0v) is 18.9. The summed E-state index contributed by atoms with van der Waals surface area (Å²) < 4.78 is 1.77. The highest BCUT2D eigenvalue weighted by Gasteiger charge is 2.20. The first-order valence-electron chi connectivity index (χ1n) is 11.5. The highest BCUT2D eigenvalue weighted by molar-refractivity contribution is 6.23. The number of hydrogen-bond acceptors (Lipinski definition) is 5. The van der Waals surface area contributed by atoms with Gasteiger partial charge in [0.2, 0.25) is 5.91 Å². The average Bonchev–Trinajstić information content (AvgIpc) is 3.31. The van der Waals surface area contributed by atoms with E-state index in [1.165, 1.54) is 5.56 Å². The van der Waals surface area contributed by atoms with Gasteiger partial charge in [-0.2, -0.15) is 4.68 Å². The molecular weight excluding hydrogens is 436 g/mol. The molecule has 0 bridgehead atoms. The summed E-state index contributed by atoms with van der Waals surface area (Å²) in [6, 6.07) is 30.4. The normalized spacial score (nSPS) is 13.1. The molecule has 1 aromatic heterocycles. The Bertz CT molecular complexity index is 1550. The van der Waals surface area contributed by atoms with Gasteiger partial charge >= 0.3 is 0 Å². The van der Waals surface area contributed by atoms with Crippen LogP contribution in [0.4, 0.5) is 5.69 Å². The van der Waals surface area contributed by atoms with E-state index < -0.39 is 0 Å². The second kappa shape index (κ2) is 8.95. The zero-order chi connectivity index (χ0) is 23.6. The molecule has 7 heteroatoms. The Kier molecular flexibility index (Phi) is 5.35. The number of nitrogens with zero attached hydrogens (tertiary/aromatic N) is 5. The minimum absolute atomic E-state index is 0.0801. The van der Waals surface area contributed by atoms with E-state index in [2.05, 4.69) is 44.0 Å². The molecule has 5 aromatic rings. The highest BCUT2D eigenvalue weighted by atomic mass is 16.1. The van der Waals surface area contributed by atoms with Gasteiger partial charge in [-0.25, -0.2) is 0 Å². The fourth-order valence-corrected chi connectivity index (χ4v) is 4.49. The second-order valence-corrected chi connectivity index (χ2v) is 8.46. The smallest absolute Gasteiger partial charge is 0.246 e. The van der Waals surface area contributed by atoms with E-state index in [1.54, 1.807) is 4.68 Å². The van der Waals surface area contributed by atoms with Gasteiger partial charge in [-0.15, -0.1) is 5.10 Å². The first-order valence-corrected chi connectivity index (χ1v) is 11.5. The van der Waals surface area contributed by atoms with Gasteiger partial charge in [-0.3, -0.25) is 9.79 Å². The van der Waals surface area contributed by atoms with Crippen LogP contribution in [0, 0.1) is 0 Å². The summed E-state index contributed by atoms with van der Waals surface area (Å²) in [6.45, 7) is 0.0801. The van der Waals surface area contributed by atoms with Gasteiger partial charge in [0.15, 0.2) is 5.82 Å². The van der Waals surface area contributed by atoms with E-state index in [-0.39, 0.29) is 12.5 Å². The summed E-state index contributed by atoms with van der Waals surface area (Å²) in [5, 5.41) is 17.5. The topological polar surface area (TPSA) is 85.1 Å². The van der Waals surface area contributed by atoms with E-state index in [1.807, 2.05) is 72.8 Å². The number of rotatable bonds is 5. The Balaban J connectivity index is 1.32. The lowest BCUT2D eigenvalue weighted by molar-refractivity contribution is -0.114. The van der Waals surface area contributed by atoms with Crippen molar-refractivity contribution in [3.8, 4) is 5.69 Å². The second-order valence-electron chi connectivity index (χ2n) is 8.46. The van der Waals surface area contributed by atoms with Crippen molar-refractivity contribution in [1.82, 2.24) is 20.2 Å². The van der Waals surface area contributed by atoms with Crippen LogP contribution < -0.4 is 5.32 Å². The van der Waals surface area contributed by atoms with E-state index in [9.17, 15) is 4.79 Å². The molecule has 0 spiro atoms. The molecule has 0 unspecified atom stereocenters. The van der Waals surface area contributed by atoms with Crippen LogP contribution in [0.2, 0.25) is 0 Å². The standard InChI is InChI=1S/C28H22N6O/c35-26-18-29-27(24-16-13-20-8-4-5-9-23(20)28(24)30-26)21-11-14-22(15-12-21)34-25(31-32-33-34)17-10-19-6-2-1-3-7-19/h1-9,11-16H,10,17-18H2,(H,30,35). The van der Waals surface area contributed by atoms with Crippen LogP contribution >= 0.6 is 0 Å². The Labute approximate surface area is 202 Å². The molecule has 35 heavy (non-hydrogen) atoms. The summed E-state index contributed by atoms with van der Waals surface area (Å²) in [6.07, 6.45) is 1.60. The summed E-state index contributed by atoms with van der Waals surface area (Å²) in [7, 11) is 0. The van der Waals surface area contributed by atoms with Gasteiger partial charge in [-0.05, 0) is 39.9 Å². The highest BCUT2D eigenvalue weighted by Crippen LogP contribution is 2.31. The number of nitrogens with one attached hydrogen (secondary N) is 1. The number of hydrogen-bond donors (Lipinski definition) is 1. The van der Waals surface area contributed by atoms with Crippen LogP contribution in [0.5, 0.6) is 0 Å². The van der Waals surface area contributed by atoms with Gasteiger partial charge < -0.3 is 5.32 Å². The lowest BCUT2D eigenvalue weighted by Crippen LogP contribution is -2.13. The Morgan fingerprint density at radius 2 is 1.63 bits per heavy atom. The van der Waals surface area contributed by atoms with Crippen LogP contribution in [0.25, 0.3) is 16.5 Å². The van der Waals surface area contributed by atoms with Crippen molar-refractivity contribution in [2.24, 2.45) is 4.99 Å². The third-order valence-electron chi connectivity index (χ3n) is 6.23. The predicted octanol–water partition coefficient (Wildman–Crippen LogP) is 4.39. The Morgan fingerprint density at radius 1 is 0.829 bits per heavy atom. The number of aliphatic imine (C=N–C) groups is 1. The molecule has 1 aliphatic heterocycles. The maximum atomic E-state index is 12.4. The van der Waals surface area contributed by atoms with Crippen LogP contribution in [-0.4, -0.2) is 38.4 Å². The number of anilines is 1. The van der Waals surface area contributed by atoms with Crippen molar-refractivity contribution in [3.05, 3.63) is 114 Å². The van der Waals surface area contributed by atoms with Crippen molar-refractivity contribution in [2.75, 3.05) is 11.9 Å². The summed E-state index contributed by atoms with van der Waals surface area (Å²) in [5.74, 6) is 0.686. The Morgan fingerprint density at radius 3 is 2.49 bits per heavy atom. The lowest BCUT2D eigenvalue weighted by atomic mass is 9.96. The summed E-state index contributed by atoms with van der Waals surface area (Å²) in [5.41, 5.74) is 5.56. The van der Waals surface area contributed by atoms with E-state index >= 15 is 0 Å². The van der Waals surface area contributed by atoms with E-state index in [0.717, 1.165) is 57.7 Å². The molecule has 7 nitrogen and oxygen atoms in total. The van der Waals surface area contributed by atoms with Crippen LogP contribution in [0.3, 0.4) is 0 Å². The van der Waals surface area contributed by atoms with Gasteiger partial charge in [-0.1, -0.05) is 78.9 Å². The predicted molar refractivity (Wildman–Crippen MR) is 136 cm³/mol. The Hall–Kier alpha value is -4.65. The molecule has 1 aliphatic rings. The molecule has 1 amide bonds. The largest absolute Gasteiger partial charge is 0.323 e. The quantitative estimate of drug-likeness (QED) is 0.423. The molecule has 4 aromatic carbocycles. The molecule has 0 saturated carbocycles. The van der Waals surface area contributed by atoms with Crippen LogP contribution in [0.15, 0.2) is 96.0 Å². The average molecular weight is 459 g/mol. The molecule has 2 heterocycles.